The maximum atomic E-state index is 13.6. The SMILES string of the molecule is Fc1ccc(CNc2cccc(-c3cncc(C(F)(F)F)c3)n2)c(F)c1. The standard InChI is InChI=1S/C18H12F5N3/c19-14-5-4-11(15(20)7-14)9-25-17-3-1-2-16(26-17)12-6-13(10-24-8-12)18(21,22)23/h1-8,10H,9H2,(H,25,26). The topological polar surface area (TPSA) is 37.8 Å². The summed E-state index contributed by atoms with van der Waals surface area (Å²) in [4.78, 5) is 7.82. The Morgan fingerprint density at radius 2 is 1.77 bits per heavy atom. The molecule has 1 N–H and O–H groups in total. The lowest BCUT2D eigenvalue weighted by molar-refractivity contribution is -0.137. The second-order valence-electron chi connectivity index (χ2n) is 5.46. The first-order chi connectivity index (χ1) is 12.3. The van der Waals surface area contributed by atoms with Gasteiger partial charge in [0.15, 0.2) is 0 Å². The van der Waals surface area contributed by atoms with Crippen molar-refractivity contribution in [2.45, 2.75) is 12.7 Å². The predicted octanol–water partition coefficient (Wildman–Crippen LogP) is 5.05. The van der Waals surface area contributed by atoms with E-state index in [-0.39, 0.29) is 23.4 Å². The molecule has 0 atom stereocenters. The van der Waals surface area contributed by atoms with Crippen molar-refractivity contribution in [3.05, 3.63) is 77.6 Å². The smallest absolute Gasteiger partial charge is 0.366 e. The molecule has 0 amide bonds. The molecule has 1 aromatic carbocycles. The highest BCUT2D eigenvalue weighted by Crippen LogP contribution is 2.31. The Labute approximate surface area is 145 Å². The van der Waals surface area contributed by atoms with E-state index in [0.29, 0.717) is 5.82 Å². The highest BCUT2D eigenvalue weighted by molar-refractivity contribution is 5.61. The molecule has 0 bridgehead atoms. The van der Waals surface area contributed by atoms with Gasteiger partial charge in [-0.2, -0.15) is 13.2 Å². The maximum Gasteiger partial charge on any atom is 0.417 e. The Morgan fingerprint density at radius 3 is 2.50 bits per heavy atom. The van der Waals surface area contributed by atoms with Gasteiger partial charge >= 0.3 is 6.18 Å². The first-order valence-corrected chi connectivity index (χ1v) is 7.50. The second-order valence-corrected chi connectivity index (χ2v) is 5.46. The predicted molar refractivity (Wildman–Crippen MR) is 86.2 cm³/mol. The van der Waals surface area contributed by atoms with E-state index in [0.717, 1.165) is 24.4 Å². The van der Waals surface area contributed by atoms with Crippen LogP contribution >= 0.6 is 0 Å². The fourth-order valence-corrected chi connectivity index (χ4v) is 2.28. The minimum atomic E-state index is -4.50. The number of rotatable bonds is 4. The Morgan fingerprint density at radius 1 is 0.962 bits per heavy atom. The van der Waals surface area contributed by atoms with Crippen molar-refractivity contribution in [2.24, 2.45) is 0 Å². The van der Waals surface area contributed by atoms with Crippen LogP contribution in [0.4, 0.5) is 27.8 Å². The van der Waals surface area contributed by atoms with Gasteiger partial charge in [0.05, 0.1) is 11.3 Å². The fourth-order valence-electron chi connectivity index (χ4n) is 2.28. The summed E-state index contributed by atoms with van der Waals surface area (Å²) >= 11 is 0. The van der Waals surface area contributed by atoms with Gasteiger partial charge in [0.1, 0.15) is 17.5 Å². The van der Waals surface area contributed by atoms with Gasteiger partial charge in [-0.3, -0.25) is 4.98 Å². The zero-order chi connectivity index (χ0) is 18.7. The number of nitrogens with one attached hydrogen (secondary N) is 1. The Balaban J connectivity index is 1.80. The number of hydrogen-bond acceptors (Lipinski definition) is 3. The summed E-state index contributed by atoms with van der Waals surface area (Å²) in [6.07, 6.45) is -2.48. The van der Waals surface area contributed by atoms with Crippen molar-refractivity contribution in [2.75, 3.05) is 5.32 Å². The zero-order valence-electron chi connectivity index (χ0n) is 13.2. The van der Waals surface area contributed by atoms with Crippen molar-refractivity contribution < 1.29 is 22.0 Å². The minimum absolute atomic E-state index is 0.0450. The van der Waals surface area contributed by atoms with Gasteiger partial charge < -0.3 is 5.32 Å². The molecule has 8 heteroatoms. The zero-order valence-corrected chi connectivity index (χ0v) is 13.2. The lowest BCUT2D eigenvalue weighted by Gasteiger charge is -2.10. The first-order valence-electron chi connectivity index (χ1n) is 7.50. The average molecular weight is 365 g/mol. The van der Waals surface area contributed by atoms with E-state index in [1.807, 2.05) is 0 Å². The van der Waals surface area contributed by atoms with Crippen LogP contribution in [0.5, 0.6) is 0 Å². The molecular weight excluding hydrogens is 353 g/mol. The van der Waals surface area contributed by atoms with Crippen molar-refractivity contribution >= 4 is 5.82 Å². The lowest BCUT2D eigenvalue weighted by Crippen LogP contribution is -2.06. The highest BCUT2D eigenvalue weighted by Gasteiger charge is 2.31. The third kappa shape index (κ3) is 4.14. The second kappa shape index (κ2) is 7.07. The van der Waals surface area contributed by atoms with Crippen LogP contribution < -0.4 is 5.32 Å². The summed E-state index contributed by atoms with van der Waals surface area (Å²) in [6, 6.07) is 8.91. The molecule has 0 radical (unpaired) electrons. The molecule has 2 heterocycles. The number of hydrogen-bond donors (Lipinski definition) is 1. The molecule has 0 fully saturated rings. The Bertz CT molecular complexity index is 925. The number of aromatic nitrogens is 2. The molecule has 3 aromatic rings. The number of alkyl halides is 3. The molecule has 0 unspecified atom stereocenters. The molecule has 0 aliphatic carbocycles. The number of halogens is 5. The number of pyridine rings is 2. The lowest BCUT2D eigenvalue weighted by atomic mass is 10.1. The third-order valence-electron chi connectivity index (χ3n) is 3.59. The van der Waals surface area contributed by atoms with Crippen LogP contribution in [0.2, 0.25) is 0 Å². The molecule has 2 aromatic heterocycles. The van der Waals surface area contributed by atoms with E-state index in [9.17, 15) is 22.0 Å². The van der Waals surface area contributed by atoms with Gasteiger partial charge in [0.2, 0.25) is 0 Å². The molecule has 26 heavy (non-hydrogen) atoms. The normalized spacial score (nSPS) is 11.4. The van der Waals surface area contributed by atoms with E-state index >= 15 is 0 Å². The molecule has 3 rings (SSSR count). The van der Waals surface area contributed by atoms with E-state index in [1.54, 1.807) is 18.2 Å². The summed E-state index contributed by atoms with van der Waals surface area (Å²) in [7, 11) is 0. The van der Waals surface area contributed by atoms with Crippen LogP contribution in [0.3, 0.4) is 0 Å². The van der Waals surface area contributed by atoms with E-state index < -0.39 is 23.4 Å². The summed E-state index contributed by atoms with van der Waals surface area (Å²) in [5.41, 5.74) is -0.146. The summed E-state index contributed by atoms with van der Waals surface area (Å²) < 4.78 is 65.0. The molecule has 134 valence electrons. The van der Waals surface area contributed by atoms with Gasteiger partial charge in [-0.25, -0.2) is 13.8 Å². The van der Waals surface area contributed by atoms with Gasteiger partial charge in [0, 0.05) is 36.1 Å². The molecule has 0 saturated heterocycles. The maximum absolute atomic E-state index is 13.6. The van der Waals surface area contributed by atoms with Crippen molar-refractivity contribution in [3.8, 4) is 11.3 Å². The van der Waals surface area contributed by atoms with Crippen LogP contribution in [-0.2, 0) is 12.7 Å². The van der Waals surface area contributed by atoms with Crippen molar-refractivity contribution in [1.29, 1.82) is 0 Å². The van der Waals surface area contributed by atoms with Crippen molar-refractivity contribution in [3.63, 3.8) is 0 Å². The van der Waals surface area contributed by atoms with Gasteiger partial charge in [-0.05, 0) is 24.3 Å². The number of nitrogens with zero attached hydrogens (tertiary/aromatic N) is 2. The van der Waals surface area contributed by atoms with Gasteiger partial charge in [-0.15, -0.1) is 0 Å². The Kier molecular flexibility index (Phi) is 4.83. The minimum Gasteiger partial charge on any atom is -0.366 e. The van der Waals surface area contributed by atoms with E-state index in [1.165, 1.54) is 12.3 Å². The monoisotopic (exact) mass is 365 g/mol. The first kappa shape index (κ1) is 17.8. The largest absolute Gasteiger partial charge is 0.417 e. The molecular formula is C18H12F5N3. The molecule has 3 nitrogen and oxygen atoms in total. The number of benzene rings is 1. The fraction of sp³-hybridized carbons (Fsp3) is 0.111. The molecule has 0 saturated carbocycles. The van der Waals surface area contributed by atoms with Crippen LogP contribution in [-0.4, -0.2) is 9.97 Å². The Hall–Kier alpha value is -3.03. The molecule has 0 aliphatic rings. The summed E-state index contributed by atoms with van der Waals surface area (Å²) in [6.45, 7) is 0.0450. The highest BCUT2D eigenvalue weighted by atomic mass is 19.4. The van der Waals surface area contributed by atoms with Crippen LogP contribution in [0, 0.1) is 11.6 Å². The van der Waals surface area contributed by atoms with E-state index in [4.69, 9.17) is 0 Å². The van der Waals surface area contributed by atoms with Crippen LogP contribution in [0.25, 0.3) is 11.3 Å². The van der Waals surface area contributed by atoms with E-state index in [2.05, 4.69) is 15.3 Å². The van der Waals surface area contributed by atoms with Crippen LogP contribution in [0.1, 0.15) is 11.1 Å². The molecule has 0 aliphatic heterocycles. The number of anilines is 1. The van der Waals surface area contributed by atoms with Crippen LogP contribution in [0.15, 0.2) is 54.9 Å². The van der Waals surface area contributed by atoms with Crippen molar-refractivity contribution in [1.82, 2.24) is 9.97 Å². The quantitative estimate of drug-likeness (QED) is 0.658. The average Bonchev–Trinajstić information content (AvgIpc) is 2.61. The summed E-state index contributed by atoms with van der Waals surface area (Å²) in [5, 5.41) is 2.86. The van der Waals surface area contributed by atoms with Gasteiger partial charge in [-0.1, -0.05) is 12.1 Å². The molecule has 0 spiro atoms. The van der Waals surface area contributed by atoms with Gasteiger partial charge in [0.25, 0.3) is 0 Å². The third-order valence-corrected chi connectivity index (χ3v) is 3.59. The summed E-state index contributed by atoms with van der Waals surface area (Å²) in [5.74, 6) is -1.04.